The maximum atomic E-state index is 12.5. The molecule has 2 fully saturated rings. The lowest BCUT2D eigenvalue weighted by Crippen LogP contribution is -2.36. The number of pyridine rings is 1. The summed E-state index contributed by atoms with van der Waals surface area (Å²) in [4.78, 5) is 27.4. The molecule has 3 N–H and O–H groups in total. The number of nitrogens with one attached hydrogen (secondary N) is 1. The van der Waals surface area contributed by atoms with Crippen LogP contribution in [0, 0.1) is 11.8 Å². The average molecular weight is 352 g/mol. The van der Waals surface area contributed by atoms with E-state index in [1.807, 2.05) is 0 Å². The first-order chi connectivity index (χ1) is 10.3. The van der Waals surface area contributed by atoms with Gasteiger partial charge < -0.3 is 15.6 Å². The van der Waals surface area contributed by atoms with E-state index in [2.05, 4.69) is 0 Å². The van der Waals surface area contributed by atoms with Crippen LogP contribution in [-0.2, 0) is 6.18 Å². The molecule has 3 rings (SSSR count). The highest BCUT2D eigenvalue weighted by Crippen LogP contribution is 2.37. The molecule has 1 aromatic rings. The molecule has 0 radical (unpaired) electrons. The number of fused-ring (bicyclic) bond motifs is 1. The summed E-state index contributed by atoms with van der Waals surface area (Å²) >= 11 is 0. The zero-order chi connectivity index (χ0) is 16.1. The quantitative estimate of drug-likeness (QED) is 0.807. The number of H-pyrrole nitrogens is 1. The number of carbonyl (C=O) groups excluding carboxylic acids is 1. The number of hydrogen-bond donors (Lipinski definition) is 2. The van der Waals surface area contributed by atoms with Crippen LogP contribution in [0.4, 0.5) is 13.2 Å². The molecule has 0 aromatic carbocycles. The van der Waals surface area contributed by atoms with Gasteiger partial charge in [-0.2, -0.15) is 13.2 Å². The van der Waals surface area contributed by atoms with Gasteiger partial charge in [0.2, 0.25) is 0 Å². The summed E-state index contributed by atoms with van der Waals surface area (Å²) in [5.41, 5.74) is 3.55. The molecule has 2 heterocycles. The van der Waals surface area contributed by atoms with Gasteiger partial charge in [0.05, 0.1) is 0 Å². The second-order valence-corrected chi connectivity index (χ2v) is 5.99. The van der Waals surface area contributed by atoms with Crippen LogP contribution in [0.25, 0.3) is 0 Å². The zero-order valence-electron chi connectivity index (χ0n) is 12.1. The minimum absolute atomic E-state index is 0. The van der Waals surface area contributed by atoms with Gasteiger partial charge >= 0.3 is 6.18 Å². The van der Waals surface area contributed by atoms with Crippen LogP contribution in [0.5, 0.6) is 0 Å². The normalized spacial score (nSPS) is 26.8. The van der Waals surface area contributed by atoms with Crippen molar-refractivity contribution >= 4 is 18.3 Å². The first-order valence-electron chi connectivity index (χ1n) is 7.12. The lowest BCUT2D eigenvalue weighted by Gasteiger charge is -2.18. The number of carbonyl (C=O) groups is 1. The van der Waals surface area contributed by atoms with E-state index in [9.17, 15) is 22.8 Å². The lowest BCUT2D eigenvalue weighted by atomic mass is 9.98. The zero-order valence-corrected chi connectivity index (χ0v) is 12.9. The summed E-state index contributed by atoms with van der Waals surface area (Å²) in [5.74, 6) is 0.0153. The molecule has 23 heavy (non-hydrogen) atoms. The number of rotatable bonds is 1. The molecular weight excluding hydrogens is 335 g/mol. The molecule has 9 heteroatoms. The highest BCUT2D eigenvalue weighted by Gasteiger charge is 2.43. The number of nitrogens with zero attached hydrogens (tertiary/aromatic N) is 1. The summed E-state index contributed by atoms with van der Waals surface area (Å²) < 4.78 is 37.6. The van der Waals surface area contributed by atoms with Crippen molar-refractivity contribution in [3.8, 4) is 0 Å². The predicted octanol–water partition coefficient (Wildman–Crippen LogP) is 1.62. The van der Waals surface area contributed by atoms with Gasteiger partial charge in [0.25, 0.3) is 11.5 Å². The Balaban J connectivity index is 0.00000192. The Hall–Kier alpha value is -1.54. The molecule has 1 aliphatic carbocycles. The third kappa shape index (κ3) is 3.23. The molecule has 0 bridgehead atoms. The minimum Gasteiger partial charge on any atom is -0.338 e. The standard InChI is InChI=1S/C14H16F3N3O2.ClH/c15-14(16,17)11-4-2-8(12(21)19-11)13(22)20-5-7-1-3-10(18)9(7)6-20;/h2,4,7,9-10H,1,3,5-6,18H2,(H,19,21);1H. The summed E-state index contributed by atoms with van der Waals surface area (Å²) in [6.07, 6.45) is -2.77. The van der Waals surface area contributed by atoms with E-state index in [0.29, 0.717) is 19.0 Å². The topological polar surface area (TPSA) is 79.2 Å². The SMILES string of the molecule is Cl.NC1CCC2CN(C(=O)c3ccc(C(F)(F)F)[nH]c3=O)CC12. The third-order valence-corrected chi connectivity index (χ3v) is 4.64. The van der Waals surface area contributed by atoms with Crippen molar-refractivity contribution in [3.05, 3.63) is 33.7 Å². The van der Waals surface area contributed by atoms with Crippen molar-refractivity contribution in [3.63, 3.8) is 0 Å². The Labute approximate surface area is 136 Å². The van der Waals surface area contributed by atoms with Crippen LogP contribution in [0.2, 0.25) is 0 Å². The van der Waals surface area contributed by atoms with Crippen LogP contribution >= 0.6 is 12.4 Å². The predicted molar refractivity (Wildman–Crippen MR) is 79.4 cm³/mol. The summed E-state index contributed by atoms with van der Waals surface area (Å²) in [7, 11) is 0. The van der Waals surface area contributed by atoms with Crippen molar-refractivity contribution in [1.29, 1.82) is 0 Å². The molecule has 128 valence electrons. The Morgan fingerprint density at radius 2 is 1.96 bits per heavy atom. The largest absolute Gasteiger partial charge is 0.431 e. The van der Waals surface area contributed by atoms with Gasteiger partial charge in [-0.05, 0) is 36.8 Å². The number of aromatic amines is 1. The van der Waals surface area contributed by atoms with Gasteiger partial charge in [-0.25, -0.2) is 0 Å². The van der Waals surface area contributed by atoms with E-state index in [1.165, 1.54) is 4.90 Å². The highest BCUT2D eigenvalue weighted by atomic mass is 35.5. The molecule has 3 atom stereocenters. The molecular formula is C14H17ClF3N3O2. The molecule has 1 saturated heterocycles. The lowest BCUT2D eigenvalue weighted by molar-refractivity contribution is -0.141. The molecule has 1 saturated carbocycles. The van der Waals surface area contributed by atoms with Crippen molar-refractivity contribution in [1.82, 2.24) is 9.88 Å². The van der Waals surface area contributed by atoms with Gasteiger partial charge in [-0.1, -0.05) is 0 Å². The number of amides is 1. The second-order valence-electron chi connectivity index (χ2n) is 5.99. The minimum atomic E-state index is -4.64. The number of likely N-dealkylation sites (tertiary alicyclic amines) is 1. The van der Waals surface area contributed by atoms with E-state index >= 15 is 0 Å². The number of hydrogen-bond acceptors (Lipinski definition) is 3. The van der Waals surface area contributed by atoms with Crippen molar-refractivity contribution in [2.75, 3.05) is 13.1 Å². The summed E-state index contributed by atoms with van der Waals surface area (Å²) in [6.45, 7) is 0.975. The fourth-order valence-corrected chi connectivity index (χ4v) is 3.45. The fourth-order valence-electron chi connectivity index (χ4n) is 3.45. The van der Waals surface area contributed by atoms with Crippen LogP contribution in [0.3, 0.4) is 0 Å². The fraction of sp³-hybridized carbons (Fsp3) is 0.571. The Kier molecular flexibility index (Phi) is 4.77. The van der Waals surface area contributed by atoms with Gasteiger partial charge in [-0.15, -0.1) is 12.4 Å². The van der Waals surface area contributed by atoms with E-state index in [1.54, 1.807) is 4.98 Å². The van der Waals surface area contributed by atoms with E-state index in [0.717, 1.165) is 25.0 Å². The van der Waals surface area contributed by atoms with E-state index in [4.69, 9.17) is 5.73 Å². The van der Waals surface area contributed by atoms with Crippen LogP contribution in [-0.4, -0.2) is 34.9 Å². The molecule has 5 nitrogen and oxygen atoms in total. The Morgan fingerprint density at radius 3 is 2.52 bits per heavy atom. The van der Waals surface area contributed by atoms with Gasteiger partial charge in [0, 0.05) is 19.1 Å². The molecule has 0 spiro atoms. The third-order valence-electron chi connectivity index (χ3n) is 4.64. The smallest absolute Gasteiger partial charge is 0.338 e. The van der Waals surface area contributed by atoms with Crippen LogP contribution < -0.4 is 11.3 Å². The molecule has 3 unspecified atom stereocenters. The van der Waals surface area contributed by atoms with Gasteiger partial charge in [-0.3, -0.25) is 9.59 Å². The molecule has 2 aliphatic rings. The van der Waals surface area contributed by atoms with Crippen LogP contribution in [0.15, 0.2) is 16.9 Å². The first-order valence-corrected chi connectivity index (χ1v) is 7.12. The highest BCUT2D eigenvalue weighted by molar-refractivity contribution is 5.94. The number of alkyl halides is 3. The van der Waals surface area contributed by atoms with Gasteiger partial charge in [0.15, 0.2) is 0 Å². The van der Waals surface area contributed by atoms with Crippen molar-refractivity contribution < 1.29 is 18.0 Å². The Morgan fingerprint density at radius 1 is 1.26 bits per heavy atom. The van der Waals surface area contributed by atoms with Crippen LogP contribution in [0.1, 0.15) is 28.9 Å². The second kappa shape index (κ2) is 6.16. The molecule has 1 aliphatic heterocycles. The number of nitrogens with two attached hydrogens (primary N) is 1. The summed E-state index contributed by atoms with van der Waals surface area (Å²) in [5, 5.41) is 0. The number of aromatic nitrogens is 1. The van der Waals surface area contributed by atoms with Crippen molar-refractivity contribution in [2.45, 2.75) is 25.1 Å². The average Bonchev–Trinajstić information content (AvgIpc) is 3.00. The maximum Gasteiger partial charge on any atom is 0.431 e. The molecule has 1 aromatic heterocycles. The van der Waals surface area contributed by atoms with Crippen molar-refractivity contribution in [2.24, 2.45) is 17.6 Å². The summed E-state index contributed by atoms with van der Waals surface area (Å²) in [6, 6.07) is 1.71. The Bertz CT molecular complexity index is 661. The van der Waals surface area contributed by atoms with Gasteiger partial charge in [0.1, 0.15) is 11.3 Å². The molecule has 1 amide bonds. The first kappa shape index (κ1) is 17.8. The number of halogens is 4. The maximum absolute atomic E-state index is 12.5. The monoisotopic (exact) mass is 351 g/mol. The van der Waals surface area contributed by atoms with E-state index in [-0.39, 0.29) is 29.9 Å². The van der Waals surface area contributed by atoms with E-state index < -0.39 is 23.3 Å².